The molecular formula is C19H25N3O2. The zero-order valence-corrected chi connectivity index (χ0v) is 14.0. The summed E-state index contributed by atoms with van der Waals surface area (Å²) < 4.78 is 11.0. The van der Waals surface area contributed by atoms with Gasteiger partial charge in [-0.15, -0.1) is 0 Å². The highest BCUT2D eigenvalue weighted by Gasteiger charge is 2.39. The Labute approximate surface area is 142 Å². The largest absolute Gasteiger partial charge is 0.377 e. The van der Waals surface area contributed by atoms with Gasteiger partial charge in [0.05, 0.1) is 24.4 Å². The lowest BCUT2D eigenvalue weighted by molar-refractivity contribution is -0.0764. The number of nitrogens with zero attached hydrogens (tertiary/aromatic N) is 2. The van der Waals surface area contributed by atoms with Gasteiger partial charge in [-0.05, 0) is 37.4 Å². The molecule has 3 heterocycles. The molecule has 5 nitrogen and oxygen atoms in total. The second-order valence-electron chi connectivity index (χ2n) is 7.23. The number of nitrogens with one attached hydrogen (secondary N) is 1. The van der Waals surface area contributed by atoms with Crippen molar-refractivity contribution in [1.29, 1.82) is 0 Å². The van der Waals surface area contributed by atoms with Gasteiger partial charge >= 0.3 is 0 Å². The van der Waals surface area contributed by atoms with Crippen molar-refractivity contribution in [3.05, 3.63) is 36.2 Å². The first-order valence-corrected chi connectivity index (χ1v) is 9.03. The van der Waals surface area contributed by atoms with Crippen molar-refractivity contribution in [2.45, 2.75) is 44.1 Å². The van der Waals surface area contributed by atoms with Crippen molar-refractivity contribution in [2.24, 2.45) is 5.92 Å². The lowest BCUT2D eigenvalue weighted by atomic mass is 9.86. The minimum Gasteiger partial charge on any atom is -0.377 e. The van der Waals surface area contributed by atoms with Crippen LogP contribution >= 0.6 is 0 Å². The van der Waals surface area contributed by atoms with Crippen LogP contribution in [0.15, 0.2) is 35.0 Å². The number of hydrogen-bond donors (Lipinski definition) is 1. The maximum absolute atomic E-state index is 5.51. The third-order valence-corrected chi connectivity index (χ3v) is 5.24. The molecule has 4 rings (SSSR count). The molecule has 2 aliphatic rings. The summed E-state index contributed by atoms with van der Waals surface area (Å²) in [5.41, 5.74) is 1.82. The summed E-state index contributed by atoms with van der Waals surface area (Å²) in [4.78, 5) is 4.32. The third kappa shape index (κ3) is 3.52. The minimum atomic E-state index is 0.0235. The number of hydrogen-bond acceptors (Lipinski definition) is 5. The summed E-state index contributed by atoms with van der Waals surface area (Å²) in [5, 5.41) is 8.02. The summed E-state index contributed by atoms with van der Waals surface area (Å²) >= 11 is 0. The predicted octanol–water partition coefficient (Wildman–Crippen LogP) is 3.22. The fraction of sp³-hybridized carbons (Fsp3) is 0.579. The van der Waals surface area contributed by atoms with Crippen LogP contribution in [0.2, 0.25) is 0 Å². The van der Waals surface area contributed by atoms with Gasteiger partial charge in [-0.1, -0.05) is 30.5 Å². The zero-order valence-electron chi connectivity index (χ0n) is 14.0. The molecule has 0 aromatic carbocycles. The van der Waals surface area contributed by atoms with Crippen LogP contribution in [-0.4, -0.2) is 35.4 Å². The van der Waals surface area contributed by atoms with Crippen LogP contribution in [0, 0.1) is 5.92 Å². The summed E-state index contributed by atoms with van der Waals surface area (Å²) in [7, 11) is 0. The van der Waals surface area contributed by atoms with E-state index < -0.39 is 0 Å². The summed E-state index contributed by atoms with van der Waals surface area (Å²) in [6, 6.07) is 7.80. The molecule has 24 heavy (non-hydrogen) atoms. The normalized spacial score (nSPS) is 20.7. The first kappa shape index (κ1) is 15.8. The standard InChI is InChI=1S/C19H25N3O2/c1-2-6-15(7-3-1)12-21-19(13-23-14-19)11-16-10-18(24-22-16)17-8-4-5-9-20-17/h4-5,8-10,15,21H,1-3,6-7,11-14H2. The lowest BCUT2D eigenvalue weighted by Crippen LogP contribution is -2.62. The topological polar surface area (TPSA) is 60.2 Å². The fourth-order valence-corrected chi connectivity index (χ4v) is 3.74. The summed E-state index contributed by atoms with van der Waals surface area (Å²) in [5.74, 6) is 1.55. The van der Waals surface area contributed by atoms with E-state index in [4.69, 9.17) is 9.26 Å². The molecule has 1 saturated heterocycles. The molecule has 1 N–H and O–H groups in total. The smallest absolute Gasteiger partial charge is 0.185 e. The molecule has 0 atom stereocenters. The molecule has 1 aliphatic carbocycles. The van der Waals surface area contributed by atoms with Gasteiger partial charge in [-0.2, -0.15) is 0 Å². The van der Waals surface area contributed by atoms with Gasteiger partial charge in [0, 0.05) is 18.7 Å². The maximum atomic E-state index is 5.51. The van der Waals surface area contributed by atoms with E-state index in [-0.39, 0.29) is 5.54 Å². The van der Waals surface area contributed by atoms with Crippen molar-refractivity contribution in [2.75, 3.05) is 19.8 Å². The highest BCUT2D eigenvalue weighted by Crippen LogP contribution is 2.27. The van der Waals surface area contributed by atoms with Crippen molar-refractivity contribution in [1.82, 2.24) is 15.5 Å². The van der Waals surface area contributed by atoms with Crippen molar-refractivity contribution >= 4 is 0 Å². The van der Waals surface area contributed by atoms with Gasteiger partial charge in [0.25, 0.3) is 0 Å². The van der Waals surface area contributed by atoms with Gasteiger partial charge in [0.2, 0.25) is 0 Å². The van der Waals surface area contributed by atoms with Gasteiger partial charge in [-0.3, -0.25) is 4.98 Å². The third-order valence-electron chi connectivity index (χ3n) is 5.24. The van der Waals surface area contributed by atoms with Crippen molar-refractivity contribution in [3.8, 4) is 11.5 Å². The molecule has 128 valence electrons. The monoisotopic (exact) mass is 327 g/mol. The Morgan fingerprint density at radius 3 is 2.75 bits per heavy atom. The lowest BCUT2D eigenvalue weighted by Gasteiger charge is -2.43. The molecule has 0 amide bonds. The van der Waals surface area contributed by atoms with E-state index in [1.54, 1.807) is 6.20 Å². The Kier molecular flexibility index (Phi) is 4.63. The van der Waals surface area contributed by atoms with Crippen LogP contribution in [0.3, 0.4) is 0 Å². The average Bonchev–Trinajstić information content (AvgIpc) is 3.07. The van der Waals surface area contributed by atoms with Crippen LogP contribution in [0.1, 0.15) is 37.8 Å². The van der Waals surface area contributed by atoms with Gasteiger partial charge in [0.15, 0.2) is 5.76 Å². The molecule has 1 saturated carbocycles. The van der Waals surface area contributed by atoms with Crippen LogP contribution in [0.25, 0.3) is 11.5 Å². The number of rotatable bonds is 6. The Bertz CT molecular complexity index is 646. The number of aromatic nitrogens is 2. The van der Waals surface area contributed by atoms with Gasteiger partial charge in [0.1, 0.15) is 5.69 Å². The van der Waals surface area contributed by atoms with E-state index in [1.165, 1.54) is 32.1 Å². The Morgan fingerprint density at radius 2 is 2.04 bits per heavy atom. The molecule has 0 bridgehead atoms. The van der Waals surface area contributed by atoms with Crippen LogP contribution < -0.4 is 5.32 Å². The highest BCUT2D eigenvalue weighted by molar-refractivity contribution is 5.51. The molecule has 1 aliphatic heterocycles. The first-order valence-electron chi connectivity index (χ1n) is 9.03. The van der Waals surface area contributed by atoms with E-state index in [2.05, 4.69) is 15.5 Å². The summed E-state index contributed by atoms with van der Waals surface area (Å²) in [6.07, 6.45) is 9.50. The average molecular weight is 327 g/mol. The predicted molar refractivity (Wildman–Crippen MR) is 91.6 cm³/mol. The molecule has 0 spiro atoms. The van der Waals surface area contributed by atoms with E-state index in [0.29, 0.717) is 0 Å². The van der Waals surface area contributed by atoms with Crippen molar-refractivity contribution in [3.63, 3.8) is 0 Å². The quantitative estimate of drug-likeness (QED) is 0.883. The fourth-order valence-electron chi connectivity index (χ4n) is 3.74. The van der Waals surface area contributed by atoms with E-state index >= 15 is 0 Å². The van der Waals surface area contributed by atoms with Gasteiger partial charge in [-0.25, -0.2) is 0 Å². The number of pyridine rings is 1. The maximum Gasteiger partial charge on any atom is 0.185 e. The molecule has 2 aromatic rings. The SMILES string of the molecule is c1ccc(-c2cc(CC3(NCC4CCCCC4)COC3)no2)nc1. The van der Waals surface area contributed by atoms with Gasteiger partial charge < -0.3 is 14.6 Å². The highest BCUT2D eigenvalue weighted by atomic mass is 16.5. The second kappa shape index (κ2) is 7.03. The van der Waals surface area contributed by atoms with Crippen LogP contribution in [0.5, 0.6) is 0 Å². The molecule has 2 fully saturated rings. The molecule has 2 aromatic heterocycles. The Hall–Kier alpha value is -1.72. The second-order valence-corrected chi connectivity index (χ2v) is 7.23. The van der Waals surface area contributed by atoms with Crippen LogP contribution in [-0.2, 0) is 11.2 Å². The molecule has 0 unspecified atom stereocenters. The van der Waals surface area contributed by atoms with E-state index in [0.717, 1.165) is 49.2 Å². The first-order chi connectivity index (χ1) is 11.8. The Morgan fingerprint density at radius 1 is 1.17 bits per heavy atom. The Balaban J connectivity index is 1.38. The number of ether oxygens (including phenoxy) is 1. The molecule has 0 radical (unpaired) electrons. The summed E-state index contributed by atoms with van der Waals surface area (Å²) in [6.45, 7) is 2.60. The minimum absolute atomic E-state index is 0.0235. The van der Waals surface area contributed by atoms with E-state index in [9.17, 15) is 0 Å². The van der Waals surface area contributed by atoms with Crippen LogP contribution in [0.4, 0.5) is 0 Å². The van der Waals surface area contributed by atoms with Crippen molar-refractivity contribution < 1.29 is 9.26 Å². The van der Waals surface area contributed by atoms with E-state index in [1.807, 2.05) is 24.3 Å². The molecule has 5 heteroatoms. The zero-order chi connectivity index (χ0) is 16.2. The molecular weight excluding hydrogens is 302 g/mol.